The monoisotopic (exact) mass is 268 g/mol. The third-order valence-electron chi connectivity index (χ3n) is 2.53. The molecule has 19 heavy (non-hydrogen) atoms. The van der Waals surface area contributed by atoms with Crippen molar-refractivity contribution in [3.63, 3.8) is 0 Å². The Labute approximate surface area is 106 Å². The van der Waals surface area contributed by atoms with Gasteiger partial charge in [-0.05, 0) is 24.3 Å². The summed E-state index contributed by atoms with van der Waals surface area (Å²) in [7, 11) is 1.36. The third kappa shape index (κ3) is 2.70. The molecule has 0 amide bonds. The Hall–Kier alpha value is -2.44. The summed E-state index contributed by atoms with van der Waals surface area (Å²) in [6.45, 7) is -2.90. The zero-order chi connectivity index (χ0) is 14.0. The first-order valence-corrected chi connectivity index (χ1v) is 5.33. The number of hydrogen-bond acceptors (Lipinski definition) is 3. The molecular formula is C12H10F2N2O3. The van der Waals surface area contributed by atoms with Crippen molar-refractivity contribution < 1.29 is 13.5 Å². The van der Waals surface area contributed by atoms with E-state index in [1.165, 1.54) is 48.1 Å². The van der Waals surface area contributed by atoms with Gasteiger partial charge in [0.2, 0.25) is 0 Å². The van der Waals surface area contributed by atoms with Crippen LogP contribution >= 0.6 is 0 Å². The van der Waals surface area contributed by atoms with Crippen molar-refractivity contribution in [1.29, 1.82) is 0 Å². The topological polar surface area (TPSA) is 53.2 Å². The Bertz CT molecular complexity index is 689. The Morgan fingerprint density at radius 1 is 1.11 bits per heavy atom. The molecule has 0 atom stereocenters. The summed E-state index contributed by atoms with van der Waals surface area (Å²) in [4.78, 5) is 23.1. The second-order valence-electron chi connectivity index (χ2n) is 3.74. The number of halogens is 2. The highest BCUT2D eigenvalue weighted by Crippen LogP contribution is 2.16. The average Bonchev–Trinajstić information content (AvgIpc) is 2.37. The second-order valence-corrected chi connectivity index (χ2v) is 3.74. The van der Waals surface area contributed by atoms with Crippen molar-refractivity contribution in [3.8, 4) is 11.4 Å². The molecule has 100 valence electrons. The molecule has 2 aromatic rings. The largest absolute Gasteiger partial charge is 0.435 e. The molecule has 1 aromatic carbocycles. The number of nitrogens with zero attached hydrogens (tertiary/aromatic N) is 2. The van der Waals surface area contributed by atoms with Gasteiger partial charge in [-0.25, -0.2) is 4.79 Å². The molecule has 0 saturated carbocycles. The molecule has 5 nitrogen and oxygen atoms in total. The molecule has 0 N–H and O–H groups in total. The van der Waals surface area contributed by atoms with Crippen LogP contribution in [0, 0.1) is 0 Å². The van der Waals surface area contributed by atoms with Crippen LogP contribution in [-0.4, -0.2) is 15.7 Å². The van der Waals surface area contributed by atoms with Crippen LogP contribution in [0.4, 0.5) is 8.78 Å². The van der Waals surface area contributed by atoms with E-state index in [-0.39, 0.29) is 5.75 Å². The van der Waals surface area contributed by atoms with E-state index < -0.39 is 17.9 Å². The number of rotatable bonds is 3. The average molecular weight is 268 g/mol. The number of aromatic nitrogens is 2. The van der Waals surface area contributed by atoms with Crippen LogP contribution in [0.2, 0.25) is 0 Å². The van der Waals surface area contributed by atoms with Crippen molar-refractivity contribution in [1.82, 2.24) is 9.13 Å². The lowest BCUT2D eigenvalue weighted by molar-refractivity contribution is -0.0498. The first kappa shape index (κ1) is 13.0. The zero-order valence-electron chi connectivity index (χ0n) is 9.92. The highest BCUT2D eigenvalue weighted by molar-refractivity contribution is 5.37. The molecule has 0 radical (unpaired) electrons. The second kappa shape index (κ2) is 5.05. The minimum atomic E-state index is -2.90. The van der Waals surface area contributed by atoms with Crippen molar-refractivity contribution in [3.05, 3.63) is 57.4 Å². The molecule has 0 aliphatic rings. The minimum absolute atomic E-state index is 0.00313. The van der Waals surface area contributed by atoms with Gasteiger partial charge in [0, 0.05) is 19.3 Å². The lowest BCUT2D eigenvalue weighted by Gasteiger charge is -2.08. The van der Waals surface area contributed by atoms with Gasteiger partial charge < -0.3 is 4.74 Å². The van der Waals surface area contributed by atoms with Crippen LogP contribution in [0.1, 0.15) is 0 Å². The van der Waals surface area contributed by atoms with Crippen molar-refractivity contribution in [2.45, 2.75) is 6.61 Å². The zero-order valence-corrected chi connectivity index (χ0v) is 9.92. The summed E-state index contributed by atoms with van der Waals surface area (Å²) < 4.78 is 30.4. The van der Waals surface area contributed by atoms with Crippen LogP contribution < -0.4 is 16.0 Å². The molecule has 0 aliphatic heterocycles. The summed E-state index contributed by atoms with van der Waals surface area (Å²) in [6.07, 6.45) is 1.33. The van der Waals surface area contributed by atoms with Gasteiger partial charge in [-0.2, -0.15) is 8.78 Å². The first-order chi connectivity index (χ1) is 8.99. The number of alkyl halides is 2. The molecule has 7 heteroatoms. The number of hydrogen-bond donors (Lipinski definition) is 0. The van der Waals surface area contributed by atoms with E-state index in [1.807, 2.05) is 0 Å². The van der Waals surface area contributed by atoms with Crippen molar-refractivity contribution in [2.75, 3.05) is 0 Å². The lowest BCUT2D eigenvalue weighted by Crippen LogP contribution is -2.36. The highest BCUT2D eigenvalue weighted by atomic mass is 19.3. The van der Waals surface area contributed by atoms with Gasteiger partial charge in [-0.3, -0.25) is 13.9 Å². The summed E-state index contributed by atoms with van der Waals surface area (Å²) in [5.41, 5.74) is -0.490. The fraction of sp³-hybridized carbons (Fsp3) is 0.167. The molecule has 0 spiro atoms. The van der Waals surface area contributed by atoms with Gasteiger partial charge >= 0.3 is 12.3 Å². The van der Waals surface area contributed by atoms with E-state index in [2.05, 4.69) is 4.74 Å². The van der Waals surface area contributed by atoms with E-state index in [0.717, 1.165) is 4.57 Å². The molecule has 0 aliphatic carbocycles. The summed E-state index contributed by atoms with van der Waals surface area (Å²) >= 11 is 0. The number of benzene rings is 1. The Kier molecular flexibility index (Phi) is 3.46. The van der Waals surface area contributed by atoms with Crippen molar-refractivity contribution in [2.24, 2.45) is 7.05 Å². The third-order valence-corrected chi connectivity index (χ3v) is 2.53. The summed E-state index contributed by atoms with van der Waals surface area (Å²) in [5, 5.41) is 0. The maximum Gasteiger partial charge on any atom is 0.387 e. The van der Waals surface area contributed by atoms with Gasteiger partial charge in [-0.15, -0.1) is 0 Å². The van der Waals surface area contributed by atoms with Crippen LogP contribution in [0.3, 0.4) is 0 Å². The first-order valence-electron chi connectivity index (χ1n) is 5.33. The van der Waals surface area contributed by atoms with Crippen LogP contribution in [0.15, 0.2) is 46.1 Å². The van der Waals surface area contributed by atoms with Gasteiger partial charge in [0.05, 0.1) is 5.69 Å². The predicted molar refractivity (Wildman–Crippen MR) is 63.9 cm³/mol. The molecule has 0 bridgehead atoms. The van der Waals surface area contributed by atoms with Crippen LogP contribution in [0.25, 0.3) is 5.69 Å². The van der Waals surface area contributed by atoms with Crippen molar-refractivity contribution >= 4 is 0 Å². The van der Waals surface area contributed by atoms with Gasteiger partial charge in [0.15, 0.2) is 0 Å². The fourth-order valence-corrected chi connectivity index (χ4v) is 1.55. The van der Waals surface area contributed by atoms with E-state index in [4.69, 9.17) is 0 Å². The van der Waals surface area contributed by atoms with Crippen LogP contribution in [0.5, 0.6) is 5.75 Å². The molecule has 0 fully saturated rings. The molecule has 1 heterocycles. The molecule has 0 saturated heterocycles. The van der Waals surface area contributed by atoms with E-state index in [1.54, 1.807) is 0 Å². The SMILES string of the molecule is Cn1c(=O)ccn(-c2ccc(OC(F)F)cc2)c1=O. The highest BCUT2D eigenvalue weighted by Gasteiger charge is 2.06. The van der Waals surface area contributed by atoms with Crippen LogP contribution in [-0.2, 0) is 7.05 Å². The summed E-state index contributed by atoms with van der Waals surface area (Å²) in [6, 6.07) is 6.77. The van der Waals surface area contributed by atoms with E-state index >= 15 is 0 Å². The Balaban J connectivity index is 2.41. The standard InChI is InChI=1S/C12H10F2N2O3/c1-15-10(17)6-7-16(12(15)18)8-2-4-9(5-3-8)19-11(13)14/h2-7,11H,1H3. The molecule has 2 rings (SSSR count). The lowest BCUT2D eigenvalue weighted by atomic mass is 10.3. The molecule has 1 aromatic heterocycles. The van der Waals surface area contributed by atoms with E-state index in [9.17, 15) is 18.4 Å². The molecular weight excluding hydrogens is 258 g/mol. The smallest absolute Gasteiger partial charge is 0.387 e. The van der Waals surface area contributed by atoms with Gasteiger partial charge in [-0.1, -0.05) is 0 Å². The van der Waals surface area contributed by atoms with E-state index in [0.29, 0.717) is 5.69 Å². The normalized spacial score (nSPS) is 10.7. The maximum absolute atomic E-state index is 12.0. The minimum Gasteiger partial charge on any atom is -0.435 e. The summed E-state index contributed by atoms with van der Waals surface area (Å²) in [5.74, 6) is -0.00313. The Morgan fingerprint density at radius 3 is 2.32 bits per heavy atom. The fourth-order valence-electron chi connectivity index (χ4n) is 1.55. The maximum atomic E-state index is 12.0. The number of ether oxygens (including phenoxy) is 1. The van der Waals surface area contributed by atoms with Gasteiger partial charge in [0.25, 0.3) is 5.56 Å². The van der Waals surface area contributed by atoms with Gasteiger partial charge in [0.1, 0.15) is 5.75 Å². The Morgan fingerprint density at radius 2 is 1.74 bits per heavy atom. The molecule has 0 unspecified atom stereocenters. The quantitative estimate of drug-likeness (QED) is 0.838. The predicted octanol–water partition coefficient (Wildman–Crippen LogP) is 1.14.